The molecule has 0 saturated heterocycles. The molecular weight excluding hydrogens is 320 g/mol. The number of rotatable bonds is 9. The van der Waals surface area contributed by atoms with Gasteiger partial charge in [-0.25, -0.2) is 0 Å². The van der Waals surface area contributed by atoms with Crippen LogP contribution in [0.4, 0.5) is 0 Å². The fourth-order valence-corrected chi connectivity index (χ4v) is 3.62. The van der Waals surface area contributed by atoms with E-state index < -0.39 is 0 Å². The Balaban J connectivity index is 0.00000288. The van der Waals surface area contributed by atoms with Crippen LogP contribution in [-0.2, 0) is 11.2 Å². The van der Waals surface area contributed by atoms with E-state index >= 15 is 0 Å². The third-order valence-corrected chi connectivity index (χ3v) is 4.95. The fourth-order valence-electron chi connectivity index (χ4n) is 3.62. The Kier molecular flexibility index (Phi) is 10.8. The van der Waals surface area contributed by atoms with Crippen LogP contribution in [0.15, 0.2) is 30.3 Å². The van der Waals surface area contributed by atoms with Gasteiger partial charge >= 0.3 is 0 Å². The van der Waals surface area contributed by atoms with Crippen LogP contribution >= 0.6 is 12.4 Å². The first-order chi connectivity index (χ1) is 11.3. The van der Waals surface area contributed by atoms with Crippen molar-refractivity contribution in [2.24, 2.45) is 11.7 Å². The van der Waals surface area contributed by atoms with Crippen LogP contribution in [0, 0.1) is 5.92 Å². The van der Waals surface area contributed by atoms with Crippen molar-refractivity contribution in [2.45, 2.75) is 70.3 Å². The minimum Gasteiger partial charge on any atom is -0.353 e. The SMILES string of the molecule is Cl.NCCCCCCC(=O)NC1CCCCC1Cc1ccccc1. The summed E-state index contributed by atoms with van der Waals surface area (Å²) in [6.45, 7) is 0.759. The van der Waals surface area contributed by atoms with E-state index in [1.807, 2.05) is 0 Å². The molecule has 3 N–H and O–H groups in total. The van der Waals surface area contributed by atoms with Gasteiger partial charge in [-0.15, -0.1) is 12.4 Å². The molecule has 1 amide bonds. The number of carbonyl (C=O) groups is 1. The Labute approximate surface area is 153 Å². The summed E-state index contributed by atoms with van der Waals surface area (Å²) in [7, 11) is 0. The topological polar surface area (TPSA) is 55.1 Å². The molecule has 136 valence electrons. The molecule has 3 nitrogen and oxygen atoms in total. The molecule has 0 bridgehead atoms. The Bertz CT molecular complexity index is 452. The maximum Gasteiger partial charge on any atom is 0.220 e. The molecule has 0 aromatic heterocycles. The van der Waals surface area contributed by atoms with Gasteiger partial charge in [0, 0.05) is 12.5 Å². The molecule has 0 heterocycles. The van der Waals surface area contributed by atoms with Gasteiger partial charge in [0.2, 0.25) is 5.91 Å². The smallest absolute Gasteiger partial charge is 0.220 e. The molecule has 1 aromatic carbocycles. The number of hydrogen-bond acceptors (Lipinski definition) is 2. The first-order valence-electron chi connectivity index (χ1n) is 9.33. The Morgan fingerprint density at radius 2 is 1.75 bits per heavy atom. The van der Waals surface area contributed by atoms with Crippen LogP contribution in [-0.4, -0.2) is 18.5 Å². The number of halogens is 1. The van der Waals surface area contributed by atoms with Crippen LogP contribution in [0.2, 0.25) is 0 Å². The van der Waals surface area contributed by atoms with Gasteiger partial charge in [0.1, 0.15) is 0 Å². The molecule has 1 aliphatic rings. The van der Waals surface area contributed by atoms with Crippen molar-refractivity contribution in [2.75, 3.05) is 6.54 Å². The Hall–Kier alpha value is -1.06. The summed E-state index contributed by atoms with van der Waals surface area (Å²) in [5.41, 5.74) is 6.88. The highest BCUT2D eigenvalue weighted by Crippen LogP contribution is 2.27. The number of nitrogens with one attached hydrogen (secondary N) is 1. The molecule has 0 radical (unpaired) electrons. The molecule has 1 fully saturated rings. The highest BCUT2D eigenvalue weighted by Gasteiger charge is 2.26. The van der Waals surface area contributed by atoms with E-state index in [2.05, 4.69) is 35.6 Å². The molecule has 1 aliphatic carbocycles. The standard InChI is InChI=1S/C20H32N2O.ClH/c21-15-9-2-1-6-14-20(23)22-19-13-8-7-12-18(19)16-17-10-4-3-5-11-17;/h3-5,10-11,18-19H,1-2,6-9,12-16,21H2,(H,22,23);1H. The molecule has 1 aromatic rings. The molecular formula is C20H33ClN2O. The predicted molar refractivity (Wildman–Crippen MR) is 103 cm³/mol. The molecule has 0 aliphatic heterocycles. The lowest BCUT2D eigenvalue weighted by molar-refractivity contribution is -0.122. The second-order valence-electron chi connectivity index (χ2n) is 6.86. The minimum atomic E-state index is 0. The average molecular weight is 353 g/mol. The zero-order valence-electron chi connectivity index (χ0n) is 14.7. The van der Waals surface area contributed by atoms with Crippen molar-refractivity contribution >= 4 is 18.3 Å². The van der Waals surface area contributed by atoms with Gasteiger partial charge in [-0.2, -0.15) is 0 Å². The molecule has 0 spiro atoms. The summed E-state index contributed by atoms with van der Waals surface area (Å²) in [4.78, 5) is 12.2. The van der Waals surface area contributed by atoms with Gasteiger partial charge in [-0.05, 0) is 50.1 Å². The largest absolute Gasteiger partial charge is 0.353 e. The average Bonchev–Trinajstić information content (AvgIpc) is 2.57. The van der Waals surface area contributed by atoms with E-state index in [9.17, 15) is 4.79 Å². The number of unbranched alkanes of at least 4 members (excludes halogenated alkanes) is 3. The monoisotopic (exact) mass is 352 g/mol. The van der Waals surface area contributed by atoms with Crippen molar-refractivity contribution < 1.29 is 4.79 Å². The second kappa shape index (κ2) is 12.3. The highest BCUT2D eigenvalue weighted by molar-refractivity contribution is 5.85. The summed E-state index contributed by atoms with van der Waals surface area (Å²) in [6, 6.07) is 11.0. The summed E-state index contributed by atoms with van der Waals surface area (Å²) >= 11 is 0. The van der Waals surface area contributed by atoms with Crippen molar-refractivity contribution in [3.63, 3.8) is 0 Å². The summed E-state index contributed by atoms with van der Waals surface area (Å²) in [6.07, 6.45) is 11.0. The van der Waals surface area contributed by atoms with Crippen LogP contribution in [0.25, 0.3) is 0 Å². The maximum absolute atomic E-state index is 12.2. The number of benzene rings is 1. The zero-order valence-corrected chi connectivity index (χ0v) is 15.5. The van der Waals surface area contributed by atoms with Crippen LogP contribution in [0.3, 0.4) is 0 Å². The quantitative estimate of drug-likeness (QED) is 0.653. The molecule has 2 atom stereocenters. The molecule has 4 heteroatoms. The van der Waals surface area contributed by atoms with Crippen molar-refractivity contribution in [1.29, 1.82) is 0 Å². The van der Waals surface area contributed by atoms with E-state index in [4.69, 9.17) is 5.73 Å². The Morgan fingerprint density at radius 1 is 1.04 bits per heavy atom. The molecule has 24 heavy (non-hydrogen) atoms. The fraction of sp³-hybridized carbons (Fsp3) is 0.650. The first kappa shape index (κ1) is 21.0. The number of hydrogen-bond donors (Lipinski definition) is 2. The third kappa shape index (κ3) is 7.67. The van der Waals surface area contributed by atoms with E-state index in [0.717, 1.165) is 45.1 Å². The number of carbonyl (C=O) groups excluding carboxylic acids is 1. The van der Waals surface area contributed by atoms with Crippen molar-refractivity contribution in [1.82, 2.24) is 5.32 Å². The normalized spacial score (nSPS) is 20.2. The summed E-state index contributed by atoms with van der Waals surface area (Å²) in [5, 5.41) is 3.32. The second-order valence-corrected chi connectivity index (χ2v) is 6.86. The van der Waals surface area contributed by atoms with Crippen LogP contribution in [0.5, 0.6) is 0 Å². The van der Waals surface area contributed by atoms with Crippen LogP contribution < -0.4 is 11.1 Å². The number of amides is 1. The van der Waals surface area contributed by atoms with Gasteiger partial charge in [-0.3, -0.25) is 4.79 Å². The lowest BCUT2D eigenvalue weighted by Gasteiger charge is -2.32. The predicted octanol–water partition coefficient (Wildman–Crippen LogP) is 4.24. The van der Waals surface area contributed by atoms with Gasteiger partial charge in [-0.1, -0.05) is 56.0 Å². The van der Waals surface area contributed by atoms with Gasteiger partial charge in [0.05, 0.1) is 0 Å². The van der Waals surface area contributed by atoms with Gasteiger partial charge in [0.25, 0.3) is 0 Å². The van der Waals surface area contributed by atoms with E-state index in [1.54, 1.807) is 0 Å². The van der Waals surface area contributed by atoms with E-state index in [0.29, 0.717) is 18.4 Å². The minimum absolute atomic E-state index is 0. The summed E-state index contributed by atoms with van der Waals surface area (Å²) < 4.78 is 0. The molecule has 2 rings (SSSR count). The number of nitrogens with two attached hydrogens (primary N) is 1. The van der Waals surface area contributed by atoms with Crippen LogP contribution in [0.1, 0.15) is 63.4 Å². The van der Waals surface area contributed by atoms with Gasteiger partial charge in [0.15, 0.2) is 0 Å². The molecule has 2 unspecified atom stereocenters. The summed E-state index contributed by atoms with van der Waals surface area (Å²) in [5.74, 6) is 0.829. The van der Waals surface area contributed by atoms with Gasteiger partial charge < -0.3 is 11.1 Å². The molecule has 1 saturated carbocycles. The van der Waals surface area contributed by atoms with Crippen molar-refractivity contribution in [3.8, 4) is 0 Å². The van der Waals surface area contributed by atoms with Crippen molar-refractivity contribution in [3.05, 3.63) is 35.9 Å². The lowest BCUT2D eigenvalue weighted by Crippen LogP contribution is -2.42. The van der Waals surface area contributed by atoms with E-state index in [-0.39, 0.29) is 18.3 Å². The highest BCUT2D eigenvalue weighted by atomic mass is 35.5. The first-order valence-corrected chi connectivity index (χ1v) is 9.33. The Morgan fingerprint density at radius 3 is 2.50 bits per heavy atom. The maximum atomic E-state index is 12.2. The van der Waals surface area contributed by atoms with E-state index in [1.165, 1.54) is 24.8 Å². The third-order valence-electron chi connectivity index (χ3n) is 4.95. The lowest BCUT2D eigenvalue weighted by atomic mass is 9.80. The zero-order chi connectivity index (χ0) is 16.3.